The molecule has 0 radical (unpaired) electrons. The van der Waals surface area contributed by atoms with Gasteiger partial charge in [0.05, 0.1) is 16.3 Å². The monoisotopic (exact) mass is 483 g/mol. The van der Waals surface area contributed by atoms with E-state index in [4.69, 9.17) is 0 Å². The van der Waals surface area contributed by atoms with E-state index in [9.17, 15) is 18.0 Å². The molecule has 2 heterocycles. The van der Waals surface area contributed by atoms with Gasteiger partial charge in [0.25, 0.3) is 5.91 Å². The normalized spacial score (nSPS) is 14.8. The van der Waals surface area contributed by atoms with Gasteiger partial charge in [-0.1, -0.05) is 30.3 Å². The molecule has 1 fully saturated rings. The lowest BCUT2D eigenvalue weighted by atomic mass is 9.95. The van der Waals surface area contributed by atoms with Crippen LogP contribution in [0.15, 0.2) is 64.9 Å². The SMILES string of the molecule is Cc1csc(NC(=O)C2CCN(C(=O)c3cccc(CS(=O)(=O)c4ccccc4)c3)CC2)n1. The number of nitrogens with one attached hydrogen (secondary N) is 1. The van der Waals surface area contributed by atoms with Crippen molar-refractivity contribution >= 4 is 38.1 Å². The van der Waals surface area contributed by atoms with Crippen molar-refractivity contribution in [1.29, 1.82) is 0 Å². The van der Waals surface area contributed by atoms with Gasteiger partial charge in [-0.2, -0.15) is 0 Å². The second-order valence-electron chi connectivity index (χ2n) is 8.12. The minimum Gasteiger partial charge on any atom is -0.339 e. The number of aryl methyl sites for hydroxylation is 1. The summed E-state index contributed by atoms with van der Waals surface area (Å²) in [5, 5.41) is 5.34. The number of sulfone groups is 1. The van der Waals surface area contributed by atoms with Crippen LogP contribution >= 0.6 is 11.3 Å². The maximum absolute atomic E-state index is 13.0. The van der Waals surface area contributed by atoms with E-state index in [1.165, 1.54) is 11.3 Å². The zero-order chi connectivity index (χ0) is 23.4. The summed E-state index contributed by atoms with van der Waals surface area (Å²) < 4.78 is 25.4. The number of nitrogens with zero attached hydrogens (tertiary/aromatic N) is 2. The highest BCUT2D eigenvalue weighted by Gasteiger charge is 2.28. The molecule has 0 saturated carbocycles. The van der Waals surface area contributed by atoms with E-state index in [1.807, 2.05) is 12.3 Å². The maximum Gasteiger partial charge on any atom is 0.253 e. The minimum absolute atomic E-state index is 0.0652. The van der Waals surface area contributed by atoms with E-state index in [0.29, 0.717) is 42.2 Å². The Balaban J connectivity index is 1.37. The first-order chi connectivity index (χ1) is 15.8. The third kappa shape index (κ3) is 5.66. The second-order valence-corrected chi connectivity index (χ2v) is 11.0. The second kappa shape index (κ2) is 9.84. The average Bonchev–Trinajstić information content (AvgIpc) is 3.23. The summed E-state index contributed by atoms with van der Waals surface area (Å²) in [6, 6.07) is 15.1. The van der Waals surface area contributed by atoms with Crippen LogP contribution < -0.4 is 5.32 Å². The van der Waals surface area contributed by atoms with Crippen molar-refractivity contribution in [2.75, 3.05) is 18.4 Å². The van der Waals surface area contributed by atoms with Crippen LogP contribution in [0.5, 0.6) is 0 Å². The highest BCUT2D eigenvalue weighted by molar-refractivity contribution is 7.90. The molecule has 0 spiro atoms. The Kier molecular flexibility index (Phi) is 6.90. The first-order valence-electron chi connectivity index (χ1n) is 10.7. The molecule has 1 aliphatic rings. The van der Waals surface area contributed by atoms with Gasteiger partial charge in [0.2, 0.25) is 5.91 Å². The highest BCUT2D eigenvalue weighted by atomic mass is 32.2. The van der Waals surface area contributed by atoms with Crippen molar-refractivity contribution in [2.24, 2.45) is 5.92 Å². The van der Waals surface area contributed by atoms with Gasteiger partial charge in [-0.05, 0) is 49.6 Å². The number of piperidine rings is 1. The molecule has 1 saturated heterocycles. The minimum atomic E-state index is -3.50. The molecule has 2 amide bonds. The summed E-state index contributed by atoms with van der Waals surface area (Å²) in [4.78, 5) is 31.8. The molecule has 172 valence electrons. The number of hydrogen-bond donors (Lipinski definition) is 1. The molecule has 2 aromatic carbocycles. The molecule has 1 N–H and O–H groups in total. The zero-order valence-corrected chi connectivity index (χ0v) is 19.9. The molecule has 0 atom stereocenters. The summed E-state index contributed by atoms with van der Waals surface area (Å²) in [5.41, 5.74) is 1.89. The first-order valence-corrected chi connectivity index (χ1v) is 13.2. The maximum atomic E-state index is 13.0. The summed E-state index contributed by atoms with van der Waals surface area (Å²) in [5.74, 6) is -0.551. The Morgan fingerprint density at radius 2 is 1.82 bits per heavy atom. The van der Waals surface area contributed by atoms with Crippen molar-refractivity contribution in [3.8, 4) is 0 Å². The van der Waals surface area contributed by atoms with Crippen LogP contribution in [0.3, 0.4) is 0 Å². The number of thiazole rings is 1. The molecule has 4 rings (SSSR count). The predicted molar refractivity (Wildman–Crippen MR) is 128 cm³/mol. The van der Waals surface area contributed by atoms with Crippen molar-refractivity contribution < 1.29 is 18.0 Å². The molecule has 7 nitrogen and oxygen atoms in total. The lowest BCUT2D eigenvalue weighted by Gasteiger charge is -2.31. The lowest BCUT2D eigenvalue weighted by molar-refractivity contribution is -0.121. The van der Waals surface area contributed by atoms with Crippen LogP contribution in [0.25, 0.3) is 0 Å². The standard InChI is InChI=1S/C24H25N3O4S2/c1-17-15-32-24(25-17)26-22(28)19-10-12-27(13-11-19)23(29)20-7-5-6-18(14-20)16-33(30,31)21-8-3-2-4-9-21/h2-9,14-15,19H,10-13,16H2,1H3,(H,25,26,28). The number of anilines is 1. The van der Waals surface area contributed by atoms with E-state index >= 15 is 0 Å². The molecule has 33 heavy (non-hydrogen) atoms. The molecule has 0 unspecified atom stereocenters. The number of carbonyl (C=O) groups is 2. The van der Waals surface area contributed by atoms with Gasteiger partial charge in [-0.15, -0.1) is 11.3 Å². The van der Waals surface area contributed by atoms with Gasteiger partial charge in [-0.3, -0.25) is 9.59 Å². The van der Waals surface area contributed by atoms with Crippen LogP contribution in [-0.4, -0.2) is 43.2 Å². The largest absolute Gasteiger partial charge is 0.339 e. The molecule has 0 aliphatic carbocycles. The van der Waals surface area contributed by atoms with Crippen LogP contribution in [-0.2, 0) is 20.4 Å². The lowest BCUT2D eigenvalue weighted by Crippen LogP contribution is -2.41. The summed E-state index contributed by atoms with van der Waals surface area (Å²) >= 11 is 1.40. The van der Waals surface area contributed by atoms with Crippen LogP contribution in [0.4, 0.5) is 5.13 Å². The van der Waals surface area contributed by atoms with Gasteiger partial charge in [0, 0.05) is 30.0 Å². The Morgan fingerprint density at radius 1 is 1.09 bits per heavy atom. The van der Waals surface area contributed by atoms with Crippen molar-refractivity contribution in [3.05, 3.63) is 76.8 Å². The molecule has 1 aliphatic heterocycles. The summed E-state index contributed by atoms with van der Waals surface area (Å²) in [7, 11) is -3.50. The number of amides is 2. The number of benzene rings is 2. The van der Waals surface area contributed by atoms with E-state index in [-0.39, 0.29) is 28.4 Å². The molecule has 9 heteroatoms. The fraction of sp³-hybridized carbons (Fsp3) is 0.292. The number of carbonyl (C=O) groups excluding carboxylic acids is 2. The van der Waals surface area contributed by atoms with Crippen molar-refractivity contribution in [3.63, 3.8) is 0 Å². The molecule has 0 bridgehead atoms. The number of rotatable bonds is 6. The van der Waals surface area contributed by atoms with Crippen molar-refractivity contribution in [1.82, 2.24) is 9.88 Å². The Labute approximate surface area is 197 Å². The first kappa shape index (κ1) is 23.1. The summed E-state index contributed by atoms with van der Waals surface area (Å²) in [6.07, 6.45) is 1.15. The van der Waals surface area contributed by atoms with Gasteiger partial charge >= 0.3 is 0 Å². The van der Waals surface area contributed by atoms with Gasteiger partial charge in [0.15, 0.2) is 15.0 Å². The van der Waals surface area contributed by atoms with Crippen molar-refractivity contribution in [2.45, 2.75) is 30.4 Å². The Hall–Kier alpha value is -3.04. The average molecular weight is 484 g/mol. The number of likely N-dealkylation sites (tertiary alicyclic amines) is 1. The molecular formula is C24H25N3O4S2. The topological polar surface area (TPSA) is 96.4 Å². The predicted octanol–water partition coefficient (Wildman–Crippen LogP) is 3.92. The van der Waals surface area contributed by atoms with E-state index < -0.39 is 9.84 Å². The molecule has 1 aromatic heterocycles. The number of aromatic nitrogens is 1. The van der Waals surface area contributed by atoms with E-state index in [0.717, 1.165) is 5.69 Å². The fourth-order valence-electron chi connectivity index (χ4n) is 3.87. The Morgan fingerprint density at radius 3 is 2.48 bits per heavy atom. The third-order valence-electron chi connectivity index (χ3n) is 5.64. The van der Waals surface area contributed by atoms with Gasteiger partial charge in [0.1, 0.15) is 0 Å². The summed E-state index contributed by atoms with van der Waals surface area (Å²) in [6.45, 7) is 2.82. The number of hydrogen-bond acceptors (Lipinski definition) is 6. The third-order valence-corrected chi connectivity index (χ3v) is 8.21. The highest BCUT2D eigenvalue weighted by Crippen LogP contribution is 2.23. The van der Waals surface area contributed by atoms with E-state index in [1.54, 1.807) is 59.5 Å². The smallest absolute Gasteiger partial charge is 0.253 e. The Bertz CT molecular complexity index is 1250. The molecule has 3 aromatic rings. The van der Waals surface area contributed by atoms with Gasteiger partial charge < -0.3 is 10.2 Å². The van der Waals surface area contributed by atoms with E-state index in [2.05, 4.69) is 10.3 Å². The van der Waals surface area contributed by atoms with Gasteiger partial charge in [-0.25, -0.2) is 13.4 Å². The quantitative estimate of drug-likeness (QED) is 0.573. The van der Waals surface area contributed by atoms with Crippen LogP contribution in [0.2, 0.25) is 0 Å². The van der Waals surface area contributed by atoms with Crippen LogP contribution in [0, 0.1) is 12.8 Å². The van der Waals surface area contributed by atoms with Crippen LogP contribution in [0.1, 0.15) is 34.5 Å². The molecular weight excluding hydrogens is 458 g/mol. The fourth-order valence-corrected chi connectivity index (χ4v) is 5.92. The zero-order valence-electron chi connectivity index (χ0n) is 18.2.